The van der Waals surface area contributed by atoms with E-state index >= 15 is 0 Å². The van der Waals surface area contributed by atoms with Crippen LogP contribution in [-0.2, 0) is 4.79 Å². The number of fused-ring (bicyclic) bond motifs is 1. The second kappa shape index (κ2) is 10.8. The molecular weight excluding hydrogens is 448 g/mol. The maximum atomic E-state index is 13.1. The molecule has 1 aliphatic rings. The lowest BCUT2D eigenvalue weighted by Gasteiger charge is -2.30. The lowest BCUT2D eigenvalue weighted by molar-refractivity contribution is -0.121. The van der Waals surface area contributed by atoms with Crippen LogP contribution >= 0.6 is 0 Å². The molecule has 0 unspecified atom stereocenters. The first kappa shape index (κ1) is 23.9. The van der Waals surface area contributed by atoms with E-state index in [4.69, 9.17) is 18.9 Å². The third kappa shape index (κ3) is 5.48. The second-order valence-corrected chi connectivity index (χ2v) is 8.02. The zero-order chi connectivity index (χ0) is 24.8. The highest BCUT2D eigenvalue weighted by atomic mass is 16.5. The largest absolute Gasteiger partial charge is 0.496 e. The summed E-state index contributed by atoms with van der Waals surface area (Å²) < 4.78 is 22.1. The molecule has 3 aromatic carbocycles. The van der Waals surface area contributed by atoms with Crippen LogP contribution in [0.1, 0.15) is 22.3 Å². The minimum Gasteiger partial charge on any atom is -0.496 e. The van der Waals surface area contributed by atoms with E-state index in [1.807, 2.05) is 31.2 Å². The predicted octanol–water partition coefficient (Wildman–Crippen LogP) is 4.46. The van der Waals surface area contributed by atoms with E-state index in [0.717, 1.165) is 5.75 Å². The second-order valence-electron chi connectivity index (χ2n) is 8.02. The number of aryl methyl sites for hydroxylation is 1. The molecule has 3 aromatic rings. The topological polar surface area (TPSA) is 86.3 Å². The summed E-state index contributed by atoms with van der Waals surface area (Å²) in [5, 5.41) is 2.87. The zero-order valence-corrected chi connectivity index (χ0v) is 20.0. The summed E-state index contributed by atoms with van der Waals surface area (Å²) >= 11 is 0. The number of carbonyl (C=O) groups excluding carboxylic acids is 2. The number of amides is 2. The summed E-state index contributed by atoms with van der Waals surface area (Å²) in [5.74, 6) is 1.63. The van der Waals surface area contributed by atoms with Crippen LogP contribution in [0.2, 0.25) is 0 Å². The fourth-order valence-corrected chi connectivity index (χ4v) is 3.84. The summed E-state index contributed by atoms with van der Waals surface area (Å²) in [5.41, 5.74) is 2.56. The van der Waals surface area contributed by atoms with Crippen LogP contribution in [0, 0.1) is 6.92 Å². The minimum absolute atomic E-state index is 0.0318. The van der Waals surface area contributed by atoms with Gasteiger partial charge in [0.2, 0.25) is 0 Å². The highest BCUT2D eigenvalue weighted by Gasteiger charge is 2.26. The van der Waals surface area contributed by atoms with Gasteiger partial charge in [-0.05, 0) is 55.8 Å². The molecule has 0 fully saturated rings. The van der Waals surface area contributed by atoms with Gasteiger partial charge in [0.25, 0.3) is 11.8 Å². The Labute approximate surface area is 204 Å². The number of nitrogens with zero attached hydrogens (tertiary/aromatic N) is 1. The van der Waals surface area contributed by atoms with Crippen molar-refractivity contribution in [2.45, 2.75) is 13.3 Å². The Hall–Kier alpha value is -4.20. The Morgan fingerprint density at radius 1 is 1.03 bits per heavy atom. The minimum atomic E-state index is -0.389. The zero-order valence-electron chi connectivity index (χ0n) is 20.0. The summed E-state index contributed by atoms with van der Waals surface area (Å²) in [6.07, 6.45) is 0.633. The molecule has 0 radical (unpaired) electrons. The highest BCUT2D eigenvalue weighted by Crippen LogP contribution is 2.36. The van der Waals surface area contributed by atoms with Crippen molar-refractivity contribution in [2.75, 3.05) is 44.2 Å². The Balaban J connectivity index is 1.47. The molecule has 0 aliphatic carbocycles. The smallest absolute Gasteiger partial charge is 0.265 e. The van der Waals surface area contributed by atoms with Crippen molar-refractivity contribution in [2.24, 2.45) is 0 Å². The number of methoxy groups -OCH3 is 2. The molecule has 182 valence electrons. The summed E-state index contributed by atoms with van der Waals surface area (Å²) in [6, 6.07) is 18.2. The Morgan fingerprint density at radius 3 is 2.43 bits per heavy atom. The van der Waals surface area contributed by atoms with Gasteiger partial charge in [-0.25, -0.2) is 0 Å². The quantitative estimate of drug-likeness (QED) is 0.459. The van der Waals surface area contributed by atoms with Crippen LogP contribution in [0.25, 0.3) is 0 Å². The number of anilines is 2. The summed E-state index contributed by atoms with van der Waals surface area (Å²) in [6.45, 7) is 2.91. The number of rotatable bonds is 9. The van der Waals surface area contributed by atoms with Crippen molar-refractivity contribution < 1.29 is 28.5 Å². The van der Waals surface area contributed by atoms with Crippen LogP contribution < -0.4 is 29.2 Å². The monoisotopic (exact) mass is 476 g/mol. The van der Waals surface area contributed by atoms with Gasteiger partial charge in [-0.15, -0.1) is 0 Å². The molecule has 8 heteroatoms. The highest BCUT2D eigenvalue weighted by molar-refractivity contribution is 6.09. The molecule has 0 spiro atoms. The molecule has 0 saturated carbocycles. The standard InChI is InChI=1S/C27H28N2O6/c1-18-8-11-20(12-9-18)34-15-5-14-29-21-16-19(10-13-22(21)35-17-25(29)30)28-27(31)26-23(32-2)6-4-7-24(26)33-3/h4,6-13,16H,5,14-15,17H2,1-3H3,(H,28,31). The first-order valence-corrected chi connectivity index (χ1v) is 11.3. The van der Waals surface area contributed by atoms with Gasteiger partial charge in [-0.2, -0.15) is 0 Å². The van der Waals surface area contributed by atoms with E-state index < -0.39 is 0 Å². The molecule has 2 amide bonds. The molecule has 0 bridgehead atoms. The summed E-state index contributed by atoms with van der Waals surface area (Å²) in [4.78, 5) is 27.3. The maximum Gasteiger partial charge on any atom is 0.265 e. The van der Waals surface area contributed by atoms with Crippen LogP contribution in [-0.4, -0.2) is 45.8 Å². The van der Waals surface area contributed by atoms with Gasteiger partial charge in [0.1, 0.15) is 28.6 Å². The number of nitrogens with one attached hydrogen (secondary N) is 1. The van der Waals surface area contributed by atoms with Crippen LogP contribution in [0.5, 0.6) is 23.0 Å². The number of hydrogen-bond donors (Lipinski definition) is 1. The van der Waals surface area contributed by atoms with Gasteiger partial charge >= 0.3 is 0 Å². The fourth-order valence-electron chi connectivity index (χ4n) is 3.84. The van der Waals surface area contributed by atoms with E-state index in [1.54, 1.807) is 41.3 Å². The maximum absolute atomic E-state index is 13.1. The average molecular weight is 477 g/mol. The van der Waals surface area contributed by atoms with Gasteiger partial charge in [-0.3, -0.25) is 9.59 Å². The molecule has 4 rings (SSSR count). The Kier molecular flexibility index (Phi) is 7.40. The lowest BCUT2D eigenvalue weighted by Crippen LogP contribution is -2.39. The average Bonchev–Trinajstić information content (AvgIpc) is 2.88. The summed E-state index contributed by atoms with van der Waals surface area (Å²) in [7, 11) is 2.99. The SMILES string of the molecule is COc1cccc(OC)c1C(=O)Nc1ccc2c(c1)N(CCCOc1ccc(C)cc1)C(=O)CO2. The molecule has 0 saturated heterocycles. The molecule has 0 aromatic heterocycles. The third-order valence-electron chi connectivity index (χ3n) is 5.63. The molecule has 1 N–H and O–H groups in total. The van der Waals surface area contributed by atoms with Crippen molar-refractivity contribution in [3.05, 3.63) is 71.8 Å². The van der Waals surface area contributed by atoms with Crippen molar-refractivity contribution in [3.8, 4) is 23.0 Å². The molecule has 0 atom stereocenters. The molecule has 8 nitrogen and oxygen atoms in total. The van der Waals surface area contributed by atoms with E-state index in [1.165, 1.54) is 19.8 Å². The molecule has 1 aliphatic heterocycles. The van der Waals surface area contributed by atoms with Crippen molar-refractivity contribution in [1.29, 1.82) is 0 Å². The van der Waals surface area contributed by atoms with Gasteiger partial charge in [0.15, 0.2) is 6.61 Å². The van der Waals surface area contributed by atoms with Gasteiger partial charge in [0, 0.05) is 12.2 Å². The van der Waals surface area contributed by atoms with Gasteiger partial charge in [-0.1, -0.05) is 23.8 Å². The van der Waals surface area contributed by atoms with E-state index in [-0.39, 0.29) is 24.0 Å². The number of carbonyl (C=O) groups is 2. The first-order chi connectivity index (χ1) is 17.0. The number of ether oxygens (including phenoxy) is 4. The van der Waals surface area contributed by atoms with E-state index in [2.05, 4.69) is 5.32 Å². The van der Waals surface area contributed by atoms with E-state index in [0.29, 0.717) is 48.2 Å². The van der Waals surface area contributed by atoms with Gasteiger partial charge < -0.3 is 29.2 Å². The molecule has 35 heavy (non-hydrogen) atoms. The van der Waals surface area contributed by atoms with Crippen LogP contribution in [0.3, 0.4) is 0 Å². The first-order valence-electron chi connectivity index (χ1n) is 11.3. The number of hydrogen-bond acceptors (Lipinski definition) is 6. The predicted molar refractivity (Wildman–Crippen MR) is 133 cm³/mol. The van der Waals surface area contributed by atoms with Crippen molar-refractivity contribution >= 4 is 23.2 Å². The van der Waals surface area contributed by atoms with Gasteiger partial charge in [0.05, 0.1) is 26.5 Å². The molecule has 1 heterocycles. The fraction of sp³-hybridized carbons (Fsp3) is 0.259. The van der Waals surface area contributed by atoms with Crippen LogP contribution in [0.4, 0.5) is 11.4 Å². The van der Waals surface area contributed by atoms with Crippen molar-refractivity contribution in [1.82, 2.24) is 0 Å². The van der Waals surface area contributed by atoms with Crippen molar-refractivity contribution in [3.63, 3.8) is 0 Å². The third-order valence-corrected chi connectivity index (χ3v) is 5.63. The van der Waals surface area contributed by atoms with Crippen LogP contribution in [0.15, 0.2) is 60.7 Å². The normalized spacial score (nSPS) is 12.4. The number of benzene rings is 3. The molecular formula is C27H28N2O6. The lowest BCUT2D eigenvalue weighted by atomic mass is 10.1. The Bertz CT molecular complexity index is 1190. The Morgan fingerprint density at radius 2 is 1.74 bits per heavy atom. The van der Waals surface area contributed by atoms with E-state index in [9.17, 15) is 9.59 Å².